The zero-order valence-electron chi connectivity index (χ0n) is 10.1. The van der Waals surface area contributed by atoms with Crippen molar-refractivity contribution in [2.45, 2.75) is 4.83 Å². The lowest BCUT2D eigenvalue weighted by molar-refractivity contribution is -0.139. The van der Waals surface area contributed by atoms with E-state index in [-0.39, 0.29) is 12.5 Å². The lowest BCUT2D eigenvalue weighted by Gasteiger charge is -2.11. The van der Waals surface area contributed by atoms with Gasteiger partial charge >= 0.3 is 5.97 Å². The first-order chi connectivity index (χ1) is 8.60. The van der Waals surface area contributed by atoms with Crippen LogP contribution in [0, 0.1) is 0 Å². The van der Waals surface area contributed by atoms with Gasteiger partial charge in [0.15, 0.2) is 0 Å². The van der Waals surface area contributed by atoms with Crippen molar-refractivity contribution in [2.75, 3.05) is 20.8 Å². The summed E-state index contributed by atoms with van der Waals surface area (Å²) >= 11 is 3.12. The minimum absolute atomic E-state index is 0.142. The Hall–Kier alpha value is -1.56. The number of para-hydroxylation sites is 1. The molecule has 1 aromatic carbocycles. The lowest BCUT2D eigenvalue weighted by atomic mass is 10.2. The summed E-state index contributed by atoms with van der Waals surface area (Å²) in [6, 6.07) is 6.86. The zero-order valence-corrected chi connectivity index (χ0v) is 11.7. The van der Waals surface area contributed by atoms with E-state index in [4.69, 9.17) is 4.74 Å². The van der Waals surface area contributed by atoms with E-state index in [0.717, 1.165) is 0 Å². The number of hydrogen-bond acceptors (Lipinski definition) is 4. The zero-order chi connectivity index (χ0) is 13.5. The summed E-state index contributed by atoms with van der Waals surface area (Å²) in [5.74, 6) is -0.254. The van der Waals surface area contributed by atoms with Gasteiger partial charge in [0.05, 0.1) is 19.8 Å². The summed E-state index contributed by atoms with van der Waals surface area (Å²) in [5.41, 5.74) is 0.421. The van der Waals surface area contributed by atoms with Crippen molar-refractivity contribution in [3.63, 3.8) is 0 Å². The SMILES string of the molecule is COC(=O)C(Br)CNC(=O)c1ccccc1OC. The first kappa shape index (κ1) is 14.5. The fourth-order valence-corrected chi connectivity index (χ4v) is 1.67. The predicted octanol–water partition coefficient (Wildman–Crippen LogP) is 1.36. The number of ether oxygens (including phenoxy) is 2. The first-order valence-electron chi connectivity index (χ1n) is 5.23. The van der Waals surface area contributed by atoms with Crippen LogP contribution in [0.25, 0.3) is 0 Å². The number of amides is 1. The average molecular weight is 316 g/mol. The van der Waals surface area contributed by atoms with Crippen molar-refractivity contribution in [3.05, 3.63) is 29.8 Å². The van der Waals surface area contributed by atoms with Gasteiger partial charge in [-0.05, 0) is 12.1 Å². The second-order valence-electron chi connectivity index (χ2n) is 3.40. The number of halogens is 1. The summed E-state index contributed by atoms with van der Waals surface area (Å²) in [7, 11) is 2.78. The number of alkyl halides is 1. The van der Waals surface area contributed by atoms with Crippen molar-refractivity contribution in [3.8, 4) is 5.75 Å². The van der Waals surface area contributed by atoms with Crippen LogP contribution in [0.5, 0.6) is 5.75 Å². The number of carbonyl (C=O) groups is 2. The van der Waals surface area contributed by atoms with Gasteiger partial charge in [-0.15, -0.1) is 0 Å². The van der Waals surface area contributed by atoms with Gasteiger partial charge in [0.2, 0.25) is 0 Å². The Morgan fingerprint density at radius 2 is 2.00 bits per heavy atom. The van der Waals surface area contributed by atoms with Gasteiger partial charge in [-0.2, -0.15) is 0 Å². The lowest BCUT2D eigenvalue weighted by Crippen LogP contribution is -2.34. The molecule has 0 fully saturated rings. The molecule has 1 amide bonds. The molecule has 1 aromatic rings. The summed E-state index contributed by atoms with van der Waals surface area (Å²) in [6.07, 6.45) is 0. The number of carbonyl (C=O) groups excluding carboxylic acids is 2. The van der Waals surface area contributed by atoms with E-state index < -0.39 is 10.8 Å². The molecule has 0 heterocycles. The molecule has 0 saturated heterocycles. The Morgan fingerprint density at radius 3 is 2.61 bits per heavy atom. The number of nitrogens with one attached hydrogen (secondary N) is 1. The fourth-order valence-electron chi connectivity index (χ4n) is 1.32. The third-order valence-electron chi connectivity index (χ3n) is 2.25. The minimum Gasteiger partial charge on any atom is -0.496 e. The second-order valence-corrected chi connectivity index (χ2v) is 4.51. The molecule has 0 bridgehead atoms. The van der Waals surface area contributed by atoms with Gasteiger partial charge in [0.1, 0.15) is 10.6 Å². The third kappa shape index (κ3) is 3.73. The van der Waals surface area contributed by atoms with Crippen LogP contribution in [0.1, 0.15) is 10.4 Å². The summed E-state index contributed by atoms with van der Waals surface area (Å²) in [6.45, 7) is 0.142. The molecule has 98 valence electrons. The fraction of sp³-hybridized carbons (Fsp3) is 0.333. The van der Waals surface area contributed by atoms with Gasteiger partial charge in [-0.25, -0.2) is 0 Å². The van der Waals surface area contributed by atoms with Crippen molar-refractivity contribution in [2.24, 2.45) is 0 Å². The molecule has 1 unspecified atom stereocenters. The number of esters is 1. The Balaban J connectivity index is 2.63. The molecule has 0 radical (unpaired) electrons. The highest BCUT2D eigenvalue weighted by molar-refractivity contribution is 9.10. The van der Waals surface area contributed by atoms with Crippen LogP contribution < -0.4 is 10.1 Å². The first-order valence-corrected chi connectivity index (χ1v) is 6.14. The van der Waals surface area contributed by atoms with Crippen LogP contribution in [0.4, 0.5) is 0 Å². The number of benzene rings is 1. The Bertz CT molecular complexity index is 436. The number of hydrogen-bond donors (Lipinski definition) is 1. The monoisotopic (exact) mass is 315 g/mol. The molecule has 0 aliphatic rings. The highest BCUT2D eigenvalue weighted by Gasteiger charge is 2.17. The van der Waals surface area contributed by atoms with Crippen molar-refractivity contribution in [1.82, 2.24) is 5.32 Å². The highest BCUT2D eigenvalue weighted by atomic mass is 79.9. The average Bonchev–Trinajstić information content (AvgIpc) is 2.43. The molecule has 18 heavy (non-hydrogen) atoms. The summed E-state index contributed by atoms with van der Waals surface area (Å²) in [5, 5.41) is 2.62. The smallest absolute Gasteiger partial charge is 0.321 e. The van der Waals surface area contributed by atoms with Gasteiger partial charge in [0.25, 0.3) is 5.91 Å². The predicted molar refractivity (Wildman–Crippen MR) is 70.1 cm³/mol. The minimum atomic E-state index is -0.568. The molecule has 0 aromatic heterocycles. The Morgan fingerprint density at radius 1 is 1.33 bits per heavy atom. The molecule has 0 saturated carbocycles. The van der Waals surface area contributed by atoms with E-state index in [2.05, 4.69) is 26.0 Å². The quantitative estimate of drug-likeness (QED) is 0.658. The topological polar surface area (TPSA) is 64.6 Å². The highest BCUT2D eigenvalue weighted by Crippen LogP contribution is 2.16. The van der Waals surface area contributed by atoms with E-state index in [0.29, 0.717) is 11.3 Å². The molecular weight excluding hydrogens is 302 g/mol. The van der Waals surface area contributed by atoms with Gasteiger partial charge in [0, 0.05) is 6.54 Å². The van der Waals surface area contributed by atoms with E-state index in [9.17, 15) is 9.59 Å². The van der Waals surface area contributed by atoms with E-state index in [1.54, 1.807) is 24.3 Å². The van der Waals surface area contributed by atoms with Crippen molar-refractivity contribution < 1.29 is 19.1 Å². The maximum Gasteiger partial charge on any atom is 0.321 e. The van der Waals surface area contributed by atoms with Gasteiger partial charge in [-0.1, -0.05) is 28.1 Å². The van der Waals surface area contributed by atoms with Gasteiger partial charge in [-0.3, -0.25) is 9.59 Å². The molecule has 0 aliphatic heterocycles. The standard InChI is InChI=1S/C12H14BrNO4/c1-17-10-6-4-3-5-8(10)11(15)14-7-9(13)12(16)18-2/h3-6,9H,7H2,1-2H3,(H,14,15). The van der Waals surface area contributed by atoms with Crippen LogP contribution in [0.15, 0.2) is 24.3 Å². The molecular formula is C12H14BrNO4. The molecule has 5 nitrogen and oxygen atoms in total. The van der Waals surface area contributed by atoms with E-state index >= 15 is 0 Å². The molecule has 1 rings (SSSR count). The summed E-state index contributed by atoms with van der Waals surface area (Å²) < 4.78 is 9.61. The number of methoxy groups -OCH3 is 2. The van der Waals surface area contributed by atoms with Crippen LogP contribution in [-0.2, 0) is 9.53 Å². The van der Waals surface area contributed by atoms with Crippen molar-refractivity contribution >= 4 is 27.8 Å². The summed E-state index contributed by atoms with van der Waals surface area (Å²) in [4.78, 5) is 22.4. The van der Waals surface area contributed by atoms with Crippen LogP contribution in [-0.4, -0.2) is 37.5 Å². The Labute approximate surface area is 114 Å². The van der Waals surface area contributed by atoms with E-state index in [1.807, 2.05) is 0 Å². The molecule has 1 N–H and O–H groups in total. The molecule has 0 spiro atoms. The van der Waals surface area contributed by atoms with Gasteiger partial charge < -0.3 is 14.8 Å². The van der Waals surface area contributed by atoms with Crippen LogP contribution in [0.3, 0.4) is 0 Å². The molecule has 0 aliphatic carbocycles. The van der Waals surface area contributed by atoms with Crippen molar-refractivity contribution in [1.29, 1.82) is 0 Å². The maximum atomic E-state index is 11.9. The Kier molecular flexibility index (Phi) is 5.64. The van der Waals surface area contributed by atoms with Crippen LogP contribution >= 0.6 is 15.9 Å². The normalized spacial score (nSPS) is 11.5. The number of rotatable bonds is 5. The maximum absolute atomic E-state index is 11.9. The molecule has 6 heteroatoms. The van der Waals surface area contributed by atoms with Crippen LogP contribution in [0.2, 0.25) is 0 Å². The second kappa shape index (κ2) is 7.00. The molecule has 1 atom stereocenters. The van der Waals surface area contributed by atoms with E-state index in [1.165, 1.54) is 14.2 Å². The largest absolute Gasteiger partial charge is 0.496 e. The third-order valence-corrected chi connectivity index (χ3v) is 2.95.